The fourth-order valence-electron chi connectivity index (χ4n) is 6.78. The third-order valence-electron chi connectivity index (χ3n) is 9.18. The Bertz CT molecular complexity index is 2640. The van der Waals surface area contributed by atoms with Gasteiger partial charge in [-0.05, 0) is 60.8 Å². The van der Waals surface area contributed by atoms with Gasteiger partial charge in [0, 0.05) is 61.5 Å². The molecule has 4 aromatic carbocycles. The van der Waals surface area contributed by atoms with E-state index in [1.54, 1.807) is 6.20 Å². The first-order valence-corrected chi connectivity index (χ1v) is 17.4. The van der Waals surface area contributed by atoms with Gasteiger partial charge in [-0.15, -0.1) is 42.0 Å². The van der Waals surface area contributed by atoms with E-state index in [1.165, 1.54) is 16.7 Å². The summed E-state index contributed by atoms with van der Waals surface area (Å²) in [6.07, 6.45) is 5.57. The second kappa shape index (κ2) is 15.1. The molecule has 0 N–H and O–H groups in total. The van der Waals surface area contributed by atoms with Crippen LogP contribution in [0.25, 0.3) is 66.4 Å². The summed E-state index contributed by atoms with van der Waals surface area (Å²) in [5.41, 5.74) is 13.0. The Morgan fingerprint density at radius 3 is 2.33 bits per heavy atom. The maximum Gasteiger partial charge on any atom is 0.124 e. The van der Waals surface area contributed by atoms with Gasteiger partial charge < -0.3 is 18.8 Å². The molecule has 0 bridgehead atoms. The zero-order valence-corrected chi connectivity index (χ0v) is 31.9. The second-order valence-corrected chi connectivity index (χ2v) is 13.5. The summed E-state index contributed by atoms with van der Waals surface area (Å²) in [6.45, 7) is 8.65. The van der Waals surface area contributed by atoms with Gasteiger partial charge in [-0.25, -0.2) is 0 Å². The largest absolute Gasteiger partial charge is 0.501 e. The molecule has 0 aliphatic carbocycles. The Morgan fingerprint density at radius 2 is 1.52 bits per heavy atom. The van der Waals surface area contributed by atoms with Crippen LogP contribution in [0.4, 0.5) is 0 Å². The molecule has 5 aromatic heterocycles. The van der Waals surface area contributed by atoms with Crippen molar-refractivity contribution < 1.29 is 28.9 Å². The van der Waals surface area contributed by atoms with Crippen molar-refractivity contribution in [1.29, 1.82) is 0 Å². The molecule has 0 saturated carbocycles. The van der Waals surface area contributed by atoms with Crippen molar-refractivity contribution in [3.8, 4) is 22.5 Å². The van der Waals surface area contributed by atoms with Crippen LogP contribution in [-0.2, 0) is 32.9 Å². The fourth-order valence-corrected chi connectivity index (χ4v) is 6.78. The number of benzene rings is 4. The number of rotatable bonds is 6. The Kier molecular flexibility index (Phi) is 10.1. The Hall–Kier alpha value is -5.42. The molecule has 0 saturated heterocycles. The standard InChI is InChI=1S/C29H27N2O.C17H10NO.Ir/c1-18(2)12-23-16-25(30-17-19(23)3)22-10-11-27-24(15-22)29-26(14-21-8-6-5-7-9-21)31-20(4)13-28(29)32-27;1-2-10-16-12(6-1)13-7-5-8-14(17(13)19-16)15-9-3-4-11-18-15;/h5-9,11,13,15-18H,12,14H2,1-4H3;1-7,9-11H;/q2*-1;. The average molecular weight is 856 g/mol. The third-order valence-corrected chi connectivity index (χ3v) is 9.18. The molecular weight excluding hydrogens is 819 g/mol. The second-order valence-electron chi connectivity index (χ2n) is 13.5. The van der Waals surface area contributed by atoms with E-state index >= 15 is 0 Å². The zero-order valence-electron chi connectivity index (χ0n) is 29.5. The van der Waals surface area contributed by atoms with E-state index in [-0.39, 0.29) is 20.1 Å². The molecule has 0 unspecified atom stereocenters. The normalized spacial score (nSPS) is 11.2. The van der Waals surface area contributed by atoms with Gasteiger partial charge in [-0.3, -0.25) is 4.98 Å². The molecular formula is C46H37IrN3O2-2. The smallest absolute Gasteiger partial charge is 0.124 e. The summed E-state index contributed by atoms with van der Waals surface area (Å²) in [6, 6.07) is 43.3. The van der Waals surface area contributed by atoms with Crippen LogP contribution in [0.3, 0.4) is 0 Å². The molecule has 1 radical (unpaired) electrons. The number of aryl methyl sites for hydroxylation is 2. The van der Waals surface area contributed by atoms with Crippen molar-refractivity contribution in [3.63, 3.8) is 0 Å². The van der Waals surface area contributed by atoms with Crippen LogP contribution in [0.1, 0.15) is 41.9 Å². The molecule has 0 fully saturated rings. The molecule has 0 atom stereocenters. The van der Waals surface area contributed by atoms with Crippen LogP contribution in [0.2, 0.25) is 0 Å². The fraction of sp³-hybridized carbons (Fsp3) is 0.152. The third kappa shape index (κ3) is 7.05. The quantitative estimate of drug-likeness (QED) is 0.156. The van der Waals surface area contributed by atoms with E-state index in [4.69, 9.17) is 18.8 Å². The summed E-state index contributed by atoms with van der Waals surface area (Å²) in [4.78, 5) is 14.0. The van der Waals surface area contributed by atoms with Crippen molar-refractivity contribution in [2.45, 2.75) is 40.5 Å². The van der Waals surface area contributed by atoms with Crippen LogP contribution >= 0.6 is 0 Å². The number of furan rings is 2. The first kappa shape index (κ1) is 35.0. The Morgan fingerprint density at radius 1 is 0.712 bits per heavy atom. The van der Waals surface area contributed by atoms with E-state index in [9.17, 15) is 0 Å². The summed E-state index contributed by atoms with van der Waals surface area (Å²) >= 11 is 0. The number of nitrogens with zero attached hydrogens (tertiary/aromatic N) is 3. The minimum atomic E-state index is 0. The molecule has 5 nitrogen and oxygen atoms in total. The zero-order chi connectivity index (χ0) is 34.9. The number of aromatic nitrogens is 3. The van der Waals surface area contributed by atoms with Crippen LogP contribution in [0.15, 0.2) is 130 Å². The minimum absolute atomic E-state index is 0. The number of fused-ring (bicyclic) bond motifs is 6. The monoisotopic (exact) mass is 856 g/mol. The van der Waals surface area contributed by atoms with Crippen molar-refractivity contribution >= 4 is 43.9 Å². The Labute approximate surface area is 317 Å². The average Bonchev–Trinajstić information content (AvgIpc) is 3.71. The van der Waals surface area contributed by atoms with E-state index in [0.717, 1.165) is 90.6 Å². The predicted octanol–water partition coefficient (Wildman–Crippen LogP) is 11.7. The molecule has 9 aromatic rings. The van der Waals surface area contributed by atoms with E-state index in [1.807, 2.05) is 79.9 Å². The van der Waals surface area contributed by atoms with E-state index in [2.05, 4.69) is 80.4 Å². The Balaban J connectivity index is 0.000000179. The molecule has 0 spiro atoms. The molecule has 0 amide bonds. The summed E-state index contributed by atoms with van der Waals surface area (Å²) in [5.74, 6) is 0.600. The van der Waals surface area contributed by atoms with Gasteiger partial charge in [-0.1, -0.05) is 102 Å². The van der Waals surface area contributed by atoms with Gasteiger partial charge in [0.15, 0.2) is 0 Å². The summed E-state index contributed by atoms with van der Waals surface area (Å²) in [5, 5.41) is 4.39. The number of pyridine rings is 3. The van der Waals surface area contributed by atoms with Crippen LogP contribution in [-0.4, -0.2) is 15.0 Å². The van der Waals surface area contributed by atoms with Crippen molar-refractivity contribution in [1.82, 2.24) is 15.0 Å². The topological polar surface area (TPSA) is 65.0 Å². The minimum Gasteiger partial charge on any atom is -0.501 e. The van der Waals surface area contributed by atoms with Crippen LogP contribution < -0.4 is 0 Å². The maximum atomic E-state index is 6.21. The van der Waals surface area contributed by atoms with Gasteiger partial charge in [0.05, 0.1) is 16.9 Å². The van der Waals surface area contributed by atoms with E-state index < -0.39 is 0 Å². The molecule has 5 heterocycles. The molecule has 6 heteroatoms. The van der Waals surface area contributed by atoms with E-state index in [0.29, 0.717) is 5.92 Å². The SMILES string of the molecule is Cc1cc2oc3c[c-]c(-c4cc(CC(C)C)c(C)cn4)cc3c2c(Cc2ccccc2)n1.[Ir].[c-]1ccc2c(oc3ccccc32)c1-c1ccccn1. The van der Waals surface area contributed by atoms with Crippen molar-refractivity contribution in [2.24, 2.45) is 5.92 Å². The number of hydrogen-bond donors (Lipinski definition) is 0. The molecule has 0 aliphatic rings. The summed E-state index contributed by atoms with van der Waals surface area (Å²) < 4.78 is 12.2. The summed E-state index contributed by atoms with van der Waals surface area (Å²) in [7, 11) is 0. The molecule has 0 aliphatic heterocycles. The van der Waals surface area contributed by atoms with Crippen LogP contribution in [0.5, 0.6) is 0 Å². The predicted molar refractivity (Wildman–Crippen MR) is 207 cm³/mol. The number of hydrogen-bond acceptors (Lipinski definition) is 5. The first-order chi connectivity index (χ1) is 24.9. The molecule has 259 valence electrons. The van der Waals surface area contributed by atoms with Gasteiger partial charge in [0.25, 0.3) is 0 Å². The van der Waals surface area contributed by atoms with Gasteiger partial charge in [0.1, 0.15) is 11.2 Å². The van der Waals surface area contributed by atoms with Crippen molar-refractivity contribution in [2.75, 3.05) is 0 Å². The van der Waals surface area contributed by atoms with Crippen LogP contribution in [0, 0.1) is 31.9 Å². The maximum absolute atomic E-state index is 6.21. The number of para-hydroxylation sites is 1. The van der Waals surface area contributed by atoms with Gasteiger partial charge in [-0.2, -0.15) is 0 Å². The molecule has 9 rings (SSSR count). The van der Waals surface area contributed by atoms with Gasteiger partial charge >= 0.3 is 0 Å². The van der Waals surface area contributed by atoms with Gasteiger partial charge in [0.2, 0.25) is 0 Å². The molecule has 52 heavy (non-hydrogen) atoms. The first-order valence-electron chi connectivity index (χ1n) is 17.4. The van der Waals surface area contributed by atoms with Crippen molar-refractivity contribution in [3.05, 3.63) is 162 Å².